The maximum atomic E-state index is 13.1. The number of carbonyl (C=O) groups excluding carboxylic acids is 2. The minimum absolute atomic E-state index is 0. The van der Waals surface area contributed by atoms with E-state index in [0.29, 0.717) is 25.2 Å². The molecule has 1 saturated carbocycles. The van der Waals surface area contributed by atoms with Crippen LogP contribution in [0.1, 0.15) is 41.6 Å². The van der Waals surface area contributed by atoms with E-state index in [9.17, 15) is 9.59 Å². The third-order valence-corrected chi connectivity index (χ3v) is 6.92. The van der Waals surface area contributed by atoms with Crippen LogP contribution in [0.4, 0.5) is 10.5 Å². The van der Waals surface area contributed by atoms with Gasteiger partial charge in [-0.05, 0) is 67.6 Å². The number of benzene rings is 2. The van der Waals surface area contributed by atoms with Crippen molar-refractivity contribution < 1.29 is 9.59 Å². The van der Waals surface area contributed by atoms with Crippen LogP contribution in [-0.2, 0) is 5.41 Å². The minimum Gasteiger partial charge on any atom is -0.366 e. The lowest BCUT2D eigenvalue weighted by Crippen LogP contribution is -2.46. The van der Waals surface area contributed by atoms with Crippen LogP contribution in [0.15, 0.2) is 48.5 Å². The zero-order valence-corrected chi connectivity index (χ0v) is 18.9. The molecule has 1 heterocycles. The van der Waals surface area contributed by atoms with Gasteiger partial charge in [-0.1, -0.05) is 23.7 Å². The fourth-order valence-electron chi connectivity index (χ4n) is 4.83. The first-order valence-corrected chi connectivity index (χ1v) is 10.8. The molecule has 31 heavy (non-hydrogen) atoms. The maximum absolute atomic E-state index is 13.1. The Bertz CT molecular complexity index is 943. The fourth-order valence-corrected chi connectivity index (χ4v) is 5.02. The number of nitrogens with zero attached hydrogens (tertiary/aromatic N) is 2. The summed E-state index contributed by atoms with van der Waals surface area (Å²) >= 11 is 6.21. The van der Waals surface area contributed by atoms with Gasteiger partial charge in [-0.3, -0.25) is 9.69 Å². The number of carbonyl (C=O) groups is 2. The number of urea groups is 1. The molecule has 0 aromatic heterocycles. The van der Waals surface area contributed by atoms with E-state index in [2.05, 4.69) is 6.07 Å². The monoisotopic (exact) mass is 462 g/mol. The lowest BCUT2D eigenvalue weighted by molar-refractivity contribution is 0.100. The van der Waals surface area contributed by atoms with Gasteiger partial charge in [0.15, 0.2) is 0 Å². The third-order valence-electron chi connectivity index (χ3n) is 6.69. The summed E-state index contributed by atoms with van der Waals surface area (Å²) in [4.78, 5) is 28.1. The van der Waals surface area contributed by atoms with Crippen LogP contribution in [0.3, 0.4) is 0 Å². The summed E-state index contributed by atoms with van der Waals surface area (Å²) < 4.78 is 0. The van der Waals surface area contributed by atoms with E-state index in [1.807, 2.05) is 23.1 Å². The van der Waals surface area contributed by atoms with Crippen molar-refractivity contribution in [1.82, 2.24) is 4.90 Å². The predicted molar refractivity (Wildman–Crippen MR) is 126 cm³/mol. The predicted octanol–water partition coefficient (Wildman–Crippen LogP) is 3.94. The van der Waals surface area contributed by atoms with Crippen LogP contribution in [-0.4, -0.2) is 42.5 Å². The zero-order chi connectivity index (χ0) is 21.3. The number of primary amides is 1. The molecule has 0 unspecified atom stereocenters. The Labute approximate surface area is 193 Å². The Morgan fingerprint density at radius 2 is 1.77 bits per heavy atom. The molecule has 2 fully saturated rings. The van der Waals surface area contributed by atoms with Gasteiger partial charge in [0.25, 0.3) is 0 Å². The Balaban J connectivity index is 0.00000272. The van der Waals surface area contributed by atoms with Crippen LogP contribution >= 0.6 is 24.0 Å². The molecule has 6 nitrogen and oxygen atoms in total. The van der Waals surface area contributed by atoms with Crippen molar-refractivity contribution >= 4 is 41.6 Å². The van der Waals surface area contributed by atoms with Crippen LogP contribution in [0.25, 0.3) is 0 Å². The fraction of sp³-hybridized carbons (Fsp3) is 0.391. The van der Waals surface area contributed by atoms with Crippen LogP contribution < -0.4 is 16.4 Å². The van der Waals surface area contributed by atoms with Crippen molar-refractivity contribution in [3.05, 3.63) is 64.7 Å². The highest BCUT2D eigenvalue weighted by Gasteiger charge is 2.41. The molecule has 0 radical (unpaired) electrons. The van der Waals surface area contributed by atoms with Crippen molar-refractivity contribution in [2.75, 3.05) is 24.5 Å². The van der Waals surface area contributed by atoms with E-state index in [-0.39, 0.29) is 29.9 Å². The normalized spacial score (nSPS) is 23.5. The largest absolute Gasteiger partial charge is 0.366 e. The van der Waals surface area contributed by atoms with Crippen molar-refractivity contribution in [1.29, 1.82) is 0 Å². The molecule has 2 aromatic rings. The first-order chi connectivity index (χ1) is 14.4. The molecule has 1 aliphatic carbocycles. The molecular weight excluding hydrogens is 435 g/mol. The van der Waals surface area contributed by atoms with Crippen LogP contribution in [0.5, 0.6) is 0 Å². The summed E-state index contributed by atoms with van der Waals surface area (Å²) in [6.45, 7) is 1.92. The highest BCUT2D eigenvalue weighted by atomic mass is 35.5. The molecule has 2 aromatic carbocycles. The molecule has 8 heteroatoms. The van der Waals surface area contributed by atoms with Gasteiger partial charge in [-0.15, -0.1) is 12.4 Å². The molecule has 0 bridgehead atoms. The number of nitrogens with two attached hydrogens (primary N) is 2. The van der Waals surface area contributed by atoms with Crippen molar-refractivity contribution in [3.8, 4) is 0 Å². The molecule has 3 amide bonds. The van der Waals surface area contributed by atoms with Gasteiger partial charge < -0.3 is 16.4 Å². The van der Waals surface area contributed by atoms with Gasteiger partial charge in [-0.2, -0.15) is 0 Å². The van der Waals surface area contributed by atoms with Crippen molar-refractivity contribution in [2.24, 2.45) is 11.5 Å². The standard InChI is InChI=1S/C23H27ClN4O2.ClH/c24-18-3-1-2-17(14-18)23(15-25)10-8-20(9-11-23)28-13-12-27(22(28)30)19-6-4-16(5-7-19)21(26)29;/h1-7,14,20H,8-13,15,25H2,(H2,26,29);1H/t20-,23-;. The van der Waals surface area contributed by atoms with E-state index in [4.69, 9.17) is 23.1 Å². The topological polar surface area (TPSA) is 92.7 Å². The van der Waals surface area contributed by atoms with Gasteiger partial charge in [0.2, 0.25) is 5.91 Å². The average molecular weight is 463 g/mol. The molecule has 1 aliphatic heterocycles. The van der Waals surface area contributed by atoms with E-state index in [1.54, 1.807) is 29.2 Å². The van der Waals surface area contributed by atoms with Crippen molar-refractivity contribution in [2.45, 2.75) is 37.1 Å². The zero-order valence-electron chi connectivity index (χ0n) is 17.3. The van der Waals surface area contributed by atoms with E-state index in [1.165, 1.54) is 5.56 Å². The highest BCUT2D eigenvalue weighted by molar-refractivity contribution is 6.30. The summed E-state index contributed by atoms with van der Waals surface area (Å²) in [5, 5.41) is 0.732. The first-order valence-electron chi connectivity index (χ1n) is 10.4. The average Bonchev–Trinajstić information content (AvgIpc) is 3.15. The van der Waals surface area contributed by atoms with Gasteiger partial charge in [0.1, 0.15) is 0 Å². The summed E-state index contributed by atoms with van der Waals surface area (Å²) in [5.41, 5.74) is 13.9. The van der Waals surface area contributed by atoms with Gasteiger partial charge in [0.05, 0.1) is 0 Å². The molecule has 2 aliphatic rings. The SMILES string of the molecule is Cl.NC[C@]1(c2cccc(Cl)c2)CC[C@H](N2CCN(c3ccc(C(N)=O)cc3)C2=O)CC1. The lowest BCUT2D eigenvalue weighted by atomic mass is 9.68. The number of halogens is 2. The first kappa shape index (κ1) is 23.4. The smallest absolute Gasteiger partial charge is 0.324 e. The Hall–Kier alpha value is -2.28. The molecule has 1 saturated heterocycles. The summed E-state index contributed by atoms with van der Waals surface area (Å²) in [5.74, 6) is -0.471. The third kappa shape index (κ3) is 4.52. The number of hydrogen-bond donors (Lipinski definition) is 2. The second kappa shape index (κ2) is 9.47. The molecule has 166 valence electrons. The van der Waals surface area contributed by atoms with Crippen LogP contribution in [0, 0.1) is 0 Å². The molecule has 0 spiro atoms. The Morgan fingerprint density at radius 3 is 2.35 bits per heavy atom. The number of rotatable bonds is 5. The van der Waals surface area contributed by atoms with E-state index >= 15 is 0 Å². The minimum atomic E-state index is -0.471. The quantitative estimate of drug-likeness (QED) is 0.704. The van der Waals surface area contributed by atoms with Crippen LogP contribution in [0.2, 0.25) is 5.02 Å². The number of hydrogen-bond acceptors (Lipinski definition) is 3. The second-order valence-electron chi connectivity index (χ2n) is 8.26. The summed E-state index contributed by atoms with van der Waals surface area (Å²) in [6.07, 6.45) is 3.71. The molecule has 0 atom stereocenters. The summed E-state index contributed by atoms with van der Waals surface area (Å²) in [6, 6.07) is 15.1. The van der Waals surface area contributed by atoms with Crippen molar-refractivity contribution in [3.63, 3.8) is 0 Å². The number of anilines is 1. The lowest BCUT2D eigenvalue weighted by Gasteiger charge is -2.42. The Morgan fingerprint density at radius 1 is 1.10 bits per heavy atom. The Kier molecular flexibility index (Phi) is 7.14. The highest BCUT2D eigenvalue weighted by Crippen LogP contribution is 2.41. The van der Waals surface area contributed by atoms with E-state index < -0.39 is 5.91 Å². The molecule has 4 N–H and O–H groups in total. The molecule has 4 rings (SSSR count). The van der Waals surface area contributed by atoms with Gasteiger partial charge >= 0.3 is 6.03 Å². The molecular formula is C23H28Cl2N4O2. The van der Waals surface area contributed by atoms with E-state index in [0.717, 1.165) is 36.4 Å². The second-order valence-corrected chi connectivity index (χ2v) is 8.70. The number of amides is 3. The maximum Gasteiger partial charge on any atom is 0.324 e. The van der Waals surface area contributed by atoms with Gasteiger partial charge in [-0.25, -0.2) is 4.79 Å². The van der Waals surface area contributed by atoms with Gasteiger partial charge in [0, 0.05) is 47.4 Å². The summed E-state index contributed by atoms with van der Waals surface area (Å²) in [7, 11) is 0.